The van der Waals surface area contributed by atoms with Crippen molar-refractivity contribution in [1.29, 1.82) is 0 Å². The fourth-order valence-electron chi connectivity index (χ4n) is 3.42. The number of amides is 1. The van der Waals surface area contributed by atoms with E-state index in [1.54, 1.807) is 0 Å². The molecule has 104 valence electrons. The summed E-state index contributed by atoms with van der Waals surface area (Å²) < 4.78 is 2.12. The molecule has 0 unspecified atom stereocenters. The minimum atomic E-state index is -0.299. The summed E-state index contributed by atoms with van der Waals surface area (Å²) in [5.41, 5.74) is 5.65. The third kappa shape index (κ3) is 2.16. The van der Waals surface area contributed by atoms with Gasteiger partial charge in [0, 0.05) is 32.0 Å². The smallest absolute Gasteiger partial charge is 0.230 e. The molecule has 1 aromatic heterocycles. The minimum Gasteiger partial charge on any atom is -0.333 e. The van der Waals surface area contributed by atoms with Crippen molar-refractivity contribution >= 4 is 5.91 Å². The van der Waals surface area contributed by atoms with Gasteiger partial charge in [0.1, 0.15) is 5.82 Å². The first-order valence-electron chi connectivity index (χ1n) is 7.25. The van der Waals surface area contributed by atoms with Gasteiger partial charge in [-0.1, -0.05) is 19.3 Å². The number of hydrogen-bond acceptors (Lipinski definition) is 3. The standard InChI is InChI=1S/C14H22N4O/c15-11-14(4-2-1-3-5-14)13(19)18-9-8-17-7-6-16-12(17)10-18/h6-7H,1-5,8-11,15H2. The van der Waals surface area contributed by atoms with Crippen molar-refractivity contribution in [1.82, 2.24) is 14.5 Å². The molecule has 0 atom stereocenters. The molecule has 1 aliphatic carbocycles. The Bertz CT molecular complexity index is 462. The molecule has 1 aliphatic heterocycles. The van der Waals surface area contributed by atoms with Crippen LogP contribution in [0.25, 0.3) is 0 Å². The zero-order chi connectivity index (χ0) is 13.3. The second-order valence-electron chi connectivity index (χ2n) is 5.81. The fraction of sp³-hybridized carbons (Fsp3) is 0.714. The molecule has 0 bridgehead atoms. The Kier molecular flexibility index (Phi) is 3.31. The van der Waals surface area contributed by atoms with Crippen LogP contribution in [-0.4, -0.2) is 33.4 Å². The topological polar surface area (TPSA) is 64.2 Å². The maximum Gasteiger partial charge on any atom is 0.230 e. The van der Waals surface area contributed by atoms with Crippen LogP contribution in [0.4, 0.5) is 0 Å². The monoisotopic (exact) mass is 262 g/mol. The SMILES string of the molecule is NCC1(C(=O)N2CCn3ccnc3C2)CCCCC1. The molecule has 5 heteroatoms. The van der Waals surface area contributed by atoms with E-state index in [0.29, 0.717) is 13.1 Å². The highest BCUT2D eigenvalue weighted by Gasteiger charge is 2.41. The van der Waals surface area contributed by atoms with Gasteiger partial charge < -0.3 is 15.2 Å². The van der Waals surface area contributed by atoms with Crippen molar-refractivity contribution in [2.75, 3.05) is 13.1 Å². The number of imidazole rings is 1. The number of nitrogens with two attached hydrogens (primary N) is 1. The predicted octanol–water partition coefficient (Wildman–Crippen LogP) is 1.13. The van der Waals surface area contributed by atoms with E-state index in [1.807, 2.05) is 17.3 Å². The maximum absolute atomic E-state index is 12.8. The minimum absolute atomic E-state index is 0.254. The van der Waals surface area contributed by atoms with Crippen LogP contribution in [0.2, 0.25) is 0 Å². The van der Waals surface area contributed by atoms with Crippen LogP contribution in [0.15, 0.2) is 12.4 Å². The molecule has 2 N–H and O–H groups in total. The van der Waals surface area contributed by atoms with Gasteiger partial charge in [-0.25, -0.2) is 4.98 Å². The lowest BCUT2D eigenvalue weighted by molar-refractivity contribution is -0.145. The quantitative estimate of drug-likeness (QED) is 0.869. The number of carbonyl (C=O) groups is 1. The van der Waals surface area contributed by atoms with Gasteiger partial charge in [-0.2, -0.15) is 0 Å². The molecule has 0 aromatic carbocycles. The van der Waals surface area contributed by atoms with E-state index in [9.17, 15) is 4.79 Å². The second-order valence-corrected chi connectivity index (χ2v) is 5.81. The predicted molar refractivity (Wildman–Crippen MR) is 72.2 cm³/mol. The Balaban J connectivity index is 1.77. The van der Waals surface area contributed by atoms with Gasteiger partial charge in [-0.3, -0.25) is 4.79 Å². The Morgan fingerprint density at radius 3 is 2.84 bits per heavy atom. The number of fused-ring (bicyclic) bond motifs is 1. The first kappa shape index (κ1) is 12.7. The molecule has 1 fully saturated rings. The Labute approximate surface area is 113 Å². The van der Waals surface area contributed by atoms with E-state index in [0.717, 1.165) is 44.6 Å². The summed E-state index contributed by atoms with van der Waals surface area (Å²) in [6.45, 7) is 2.75. The van der Waals surface area contributed by atoms with Gasteiger partial charge in [0.2, 0.25) is 5.91 Å². The van der Waals surface area contributed by atoms with Gasteiger partial charge in [0.05, 0.1) is 12.0 Å². The zero-order valence-corrected chi connectivity index (χ0v) is 11.3. The number of rotatable bonds is 2. The average molecular weight is 262 g/mol. The maximum atomic E-state index is 12.8. The number of hydrogen-bond donors (Lipinski definition) is 1. The van der Waals surface area contributed by atoms with Crippen molar-refractivity contribution < 1.29 is 4.79 Å². The number of aromatic nitrogens is 2. The summed E-state index contributed by atoms with van der Waals surface area (Å²) in [6.07, 6.45) is 9.19. The van der Waals surface area contributed by atoms with Crippen LogP contribution in [0, 0.1) is 5.41 Å². The van der Waals surface area contributed by atoms with Gasteiger partial charge in [-0.05, 0) is 12.8 Å². The van der Waals surface area contributed by atoms with Crippen molar-refractivity contribution in [2.24, 2.45) is 11.1 Å². The first-order chi connectivity index (χ1) is 9.25. The van der Waals surface area contributed by atoms with Crippen LogP contribution >= 0.6 is 0 Å². The number of carbonyl (C=O) groups excluding carboxylic acids is 1. The summed E-state index contributed by atoms with van der Waals surface area (Å²) >= 11 is 0. The summed E-state index contributed by atoms with van der Waals surface area (Å²) in [6, 6.07) is 0. The van der Waals surface area contributed by atoms with E-state index < -0.39 is 0 Å². The van der Waals surface area contributed by atoms with E-state index in [4.69, 9.17) is 5.73 Å². The lowest BCUT2D eigenvalue weighted by Crippen LogP contribution is -2.51. The molecule has 19 heavy (non-hydrogen) atoms. The first-order valence-corrected chi connectivity index (χ1v) is 7.25. The fourth-order valence-corrected chi connectivity index (χ4v) is 3.42. The van der Waals surface area contributed by atoms with Crippen LogP contribution in [0.1, 0.15) is 37.9 Å². The highest BCUT2D eigenvalue weighted by Crippen LogP contribution is 2.37. The summed E-state index contributed by atoms with van der Waals surface area (Å²) in [5.74, 6) is 1.24. The van der Waals surface area contributed by atoms with Crippen LogP contribution < -0.4 is 5.73 Å². The molecule has 0 saturated heterocycles. The lowest BCUT2D eigenvalue weighted by atomic mass is 9.73. The Hall–Kier alpha value is -1.36. The zero-order valence-electron chi connectivity index (χ0n) is 11.3. The van der Waals surface area contributed by atoms with Crippen LogP contribution in [-0.2, 0) is 17.9 Å². The summed E-state index contributed by atoms with van der Waals surface area (Å²) in [7, 11) is 0. The molecule has 2 aliphatic rings. The summed E-state index contributed by atoms with van der Waals surface area (Å²) in [5, 5.41) is 0. The molecule has 2 heterocycles. The van der Waals surface area contributed by atoms with Crippen LogP contribution in [0.3, 0.4) is 0 Å². The molecule has 0 radical (unpaired) electrons. The van der Waals surface area contributed by atoms with Crippen molar-refractivity contribution in [3.8, 4) is 0 Å². The Morgan fingerprint density at radius 2 is 2.11 bits per heavy atom. The van der Waals surface area contributed by atoms with Crippen LogP contribution in [0.5, 0.6) is 0 Å². The molecule has 5 nitrogen and oxygen atoms in total. The molecular formula is C14H22N4O. The van der Waals surface area contributed by atoms with Gasteiger partial charge in [-0.15, -0.1) is 0 Å². The van der Waals surface area contributed by atoms with E-state index in [-0.39, 0.29) is 11.3 Å². The lowest BCUT2D eigenvalue weighted by Gasteiger charge is -2.40. The molecule has 3 rings (SSSR count). The van der Waals surface area contributed by atoms with Gasteiger partial charge in [0.15, 0.2) is 0 Å². The van der Waals surface area contributed by atoms with Crippen molar-refractivity contribution in [3.05, 3.63) is 18.2 Å². The van der Waals surface area contributed by atoms with E-state index >= 15 is 0 Å². The third-order valence-corrected chi connectivity index (χ3v) is 4.69. The molecule has 1 amide bonds. The number of nitrogens with zero attached hydrogens (tertiary/aromatic N) is 3. The van der Waals surface area contributed by atoms with Gasteiger partial charge >= 0.3 is 0 Å². The highest BCUT2D eigenvalue weighted by molar-refractivity contribution is 5.83. The molecule has 1 aromatic rings. The third-order valence-electron chi connectivity index (χ3n) is 4.69. The highest BCUT2D eigenvalue weighted by atomic mass is 16.2. The molecular weight excluding hydrogens is 240 g/mol. The largest absolute Gasteiger partial charge is 0.333 e. The van der Waals surface area contributed by atoms with Crippen molar-refractivity contribution in [2.45, 2.75) is 45.2 Å². The molecule has 1 saturated carbocycles. The normalized spacial score (nSPS) is 22.1. The van der Waals surface area contributed by atoms with Crippen molar-refractivity contribution in [3.63, 3.8) is 0 Å². The van der Waals surface area contributed by atoms with E-state index in [2.05, 4.69) is 9.55 Å². The Morgan fingerprint density at radius 1 is 1.32 bits per heavy atom. The average Bonchev–Trinajstić information content (AvgIpc) is 2.94. The van der Waals surface area contributed by atoms with Gasteiger partial charge in [0.25, 0.3) is 0 Å². The van der Waals surface area contributed by atoms with E-state index in [1.165, 1.54) is 6.42 Å². The summed E-state index contributed by atoms with van der Waals surface area (Å²) in [4.78, 5) is 19.1. The molecule has 0 spiro atoms. The second kappa shape index (κ2) is 4.96.